The SMILES string of the molecule is CCOC(CCNC(=NC)NCCCOCC1CCOCC1)C1CCCC1. The van der Waals surface area contributed by atoms with Crippen LogP contribution in [0.15, 0.2) is 4.99 Å². The zero-order valence-electron chi connectivity index (χ0n) is 17.5. The Morgan fingerprint density at radius 3 is 2.56 bits per heavy atom. The Balaban J connectivity index is 1.50. The van der Waals surface area contributed by atoms with Gasteiger partial charge in [-0.25, -0.2) is 0 Å². The van der Waals surface area contributed by atoms with Gasteiger partial charge in [0.1, 0.15) is 0 Å². The van der Waals surface area contributed by atoms with Gasteiger partial charge in [-0.1, -0.05) is 12.8 Å². The zero-order chi connectivity index (χ0) is 19.2. The normalized spacial score (nSPS) is 20.7. The second-order valence-corrected chi connectivity index (χ2v) is 7.74. The quantitative estimate of drug-likeness (QED) is 0.308. The van der Waals surface area contributed by atoms with Crippen molar-refractivity contribution in [1.82, 2.24) is 10.6 Å². The molecule has 6 nitrogen and oxygen atoms in total. The number of hydrogen-bond acceptors (Lipinski definition) is 4. The van der Waals surface area contributed by atoms with E-state index in [4.69, 9.17) is 14.2 Å². The Morgan fingerprint density at radius 2 is 1.85 bits per heavy atom. The number of ether oxygens (including phenoxy) is 3. The summed E-state index contributed by atoms with van der Waals surface area (Å²) >= 11 is 0. The van der Waals surface area contributed by atoms with Gasteiger partial charge in [0.05, 0.1) is 6.10 Å². The summed E-state index contributed by atoms with van der Waals surface area (Å²) in [6, 6.07) is 0. The van der Waals surface area contributed by atoms with Crippen molar-refractivity contribution in [2.24, 2.45) is 16.8 Å². The van der Waals surface area contributed by atoms with Gasteiger partial charge in [0.15, 0.2) is 5.96 Å². The van der Waals surface area contributed by atoms with Crippen molar-refractivity contribution >= 4 is 5.96 Å². The van der Waals surface area contributed by atoms with Crippen LogP contribution in [0.1, 0.15) is 58.3 Å². The van der Waals surface area contributed by atoms with Crippen LogP contribution in [0.25, 0.3) is 0 Å². The van der Waals surface area contributed by atoms with Gasteiger partial charge in [0.25, 0.3) is 0 Å². The molecule has 2 rings (SSSR count). The maximum atomic E-state index is 5.99. The van der Waals surface area contributed by atoms with Crippen molar-refractivity contribution in [3.8, 4) is 0 Å². The molecule has 6 heteroatoms. The van der Waals surface area contributed by atoms with Crippen molar-refractivity contribution in [1.29, 1.82) is 0 Å². The van der Waals surface area contributed by atoms with Gasteiger partial charge >= 0.3 is 0 Å². The molecule has 1 unspecified atom stereocenters. The molecule has 0 bridgehead atoms. The van der Waals surface area contributed by atoms with E-state index in [2.05, 4.69) is 22.5 Å². The Labute approximate surface area is 165 Å². The van der Waals surface area contributed by atoms with Gasteiger partial charge in [0.2, 0.25) is 0 Å². The number of rotatable bonds is 12. The minimum Gasteiger partial charge on any atom is -0.381 e. The highest BCUT2D eigenvalue weighted by molar-refractivity contribution is 5.79. The van der Waals surface area contributed by atoms with Gasteiger partial charge in [-0.3, -0.25) is 4.99 Å². The molecule has 1 heterocycles. The maximum absolute atomic E-state index is 5.99. The van der Waals surface area contributed by atoms with Crippen molar-refractivity contribution in [3.63, 3.8) is 0 Å². The fourth-order valence-corrected chi connectivity index (χ4v) is 4.10. The van der Waals surface area contributed by atoms with Crippen LogP contribution in [0.3, 0.4) is 0 Å². The molecule has 1 saturated heterocycles. The highest BCUT2D eigenvalue weighted by atomic mass is 16.5. The van der Waals surface area contributed by atoms with Crippen molar-refractivity contribution in [2.75, 3.05) is 53.2 Å². The van der Waals surface area contributed by atoms with E-state index in [-0.39, 0.29) is 0 Å². The van der Waals surface area contributed by atoms with Crippen LogP contribution in [-0.2, 0) is 14.2 Å². The molecule has 27 heavy (non-hydrogen) atoms. The Kier molecular flexibility index (Phi) is 11.8. The molecule has 1 aliphatic heterocycles. The predicted octanol–water partition coefficient (Wildman–Crippen LogP) is 2.97. The molecular formula is C21H41N3O3. The van der Waals surface area contributed by atoms with Gasteiger partial charge < -0.3 is 24.8 Å². The van der Waals surface area contributed by atoms with Gasteiger partial charge in [-0.2, -0.15) is 0 Å². The summed E-state index contributed by atoms with van der Waals surface area (Å²) in [4.78, 5) is 4.32. The fraction of sp³-hybridized carbons (Fsp3) is 0.952. The van der Waals surface area contributed by atoms with Crippen LogP contribution in [0.2, 0.25) is 0 Å². The predicted molar refractivity (Wildman–Crippen MR) is 110 cm³/mol. The van der Waals surface area contributed by atoms with Gasteiger partial charge in [0, 0.05) is 53.2 Å². The Hall–Kier alpha value is -0.850. The number of guanidine groups is 1. The van der Waals surface area contributed by atoms with Crippen LogP contribution in [-0.4, -0.2) is 65.2 Å². The van der Waals surface area contributed by atoms with E-state index in [1.165, 1.54) is 25.7 Å². The van der Waals surface area contributed by atoms with Crippen LogP contribution in [0.5, 0.6) is 0 Å². The summed E-state index contributed by atoms with van der Waals surface area (Å²) in [5.74, 6) is 2.30. The van der Waals surface area contributed by atoms with Crippen LogP contribution in [0, 0.1) is 11.8 Å². The first-order valence-corrected chi connectivity index (χ1v) is 11.0. The zero-order valence-corrected chi connectivity index (χ0v) is 17.5. The van der Waals surface area contributed by atoms with Gasteiger partial charge in [-0.05, 0) is 57.3 Å². The third-order valence-electron chi connectivity index (χ3n) is 5.70. The molecule has 2 aliphatic rings. The minimum absolute atomic E-state index is 0.390. The topological polar surface area (TPSA) is 64.1 Å². The summed E-state index contributed by atoms with van der Waals surface area (Å²) in [6.45, 7) is 8.14. The second kappa shape index (κ2) is 14.2. The molecule has 0 aromatic rings. The first kappa shape index (κ1) is 22.4. The molecule has 1 saturated carbocycles. The Morgan fingerprint density at radius 1 is 1.11 bits per heavy atom. The van der Waals surface area contributed by atoms with E-state index >= 15 is 0 Å². The van der Waals surface area contributed by atoms with E-state index in [1.807, 2.05) is 7.05 Å². The van der Waals surface area contributed by atoms with Crippen molar-refractivity contribution in [2.45, 2.75) is 64.4 Å². The van der Waals surface area contributed by atoms with E-state index in [1.54, 1.807) is 0 Å². The van der Waals surface area contributed by atoms with Crippen molar-refractivity contribution in [3.05, 3.63) is 0 Å². The molecule has 2 N–H and O–H groups in total. The highest BCUT2D eigenvalue weighted by Crippen LogP contribution is 2.30. The molecule has 0 radical (unpaired) electrons. The molecule has 1 atom stereocenters. The monoisotopic (exact) mass is 383 g/mol. The molecule has 2 fully saturated rings. The number of hydrogen-bond donors (Lipinski definition) is 2. The molecule has 158 valence electrons. The first-order chi connectivity index (χ1) is 13.3. The third-order valence-corrected chi connectivity index (χ3v) is 5.70. The lowest BCUT2D eigenvalue weighted by molar-refractivity contribution is 0.0169. The van der Waals surface area contributed by atoms with Crippen LogP contribution in [0.4, 0.5) is 0 Å². The van der Waals surface area contributed by atoms with Crippen LogP contribution < -0.4 is 10.6 Å². The number of nitrogens with zero attached hydrogens (tertiary/aromatic N) is 1. The lowest BCUT2D eigenvalue weighted by Crippen LogP contribution is -2.40. The summed E-state index contributed by atoms with van der Waals surface area (Å²) < 4.78 is 17.2. The summed E-state index contributed by atoms with van der Waals surface area (Å²) in [7, 11) is 1.83. The maximum Gasteiger partial charge on any atom is 0.190 e. The molecule has 0 spiro atoms. The summed E-state index contributed by atoms with van der Waals surface area (Å²) in [5, 5.41) is 6.81. The average Bonchev–Trinajstić information content (AvgIpc) is 3.24. The van der Waals surface area contributed by atoms with Crippen molar-refractivity contribution < 1.29 is 14.2 Å². The van der Waals surface area contributed by atoms with E-state index in [0.717, 1.165) is 83.7 Å². The largest absolute Gasteiger partial charge is 0.381 e. The smallest absolute Gasteiger partial charge is 0.190 e. The third kappa shape index (κ3) is 9.26. The highest BCUT2D eigenvalue weighted by Gasteiger charge is 2.25. The molecule has 0 aromatic heterocycles. The first-order valence-electron chi connectivity index (χ1n) is 11.0. The Bertz CT molecular complexity index is 394. The second-order valence-electron chi connectivity index (χ2n) is 7.74. The molecule has 0 amide bonds. The van der Waals surface area contributed by atoms with Crippen LogP contribution >= 0.6 is 0 Å². The molecule has 1 aliphatic carbocycles. The lowest BCUT2D eigenvalue weighted by atomic mass is 9.98. The number of nitrogens with one attached hydrogen (secondary N) is 2. The number of aliphatic imine (C=N–C) groups is 1. The van der Waals surface area contributed by atoms with E-state index in [9.17, 15) is 0 Å². The molecular weight excluding hydrogens is 342 g/mol. The lowest BCUT2D eigenvalue weighted by Gasteiger charge is -2.24. The summed E-state index contributed by atoms with van der Waals surface area (Å²) in [5.41, 5.74) is 0. The minimum atomic E-state index is 0.390. The average molecular weight is 384 g/mol. The standard InChI is InChI=1S/C21H41N3O3/c1-3-27-20(19-7-4-5-8-19)9-13-24-21(22-2)23-12-6-14-26-17-18-10-15-25-16-11-18/h18-20H,3-17H2,1-2H3,(H2,22,23,24). The van der Waals surface area contributed by atoms with E-state index in [0.29, 0.717) is 12.0 Å². The molecule has 0 aromatic carbocycles. The summed E-state index contributed by atoms with van der Waals surface area (Å²) in [6.07, 6.45) is 10.1. The van der Waals surface area contributed by atoms with Gasteiger partial charge in [-0.15, -0.1) is 0 Å². The van der Waals surface area contributed by atoms with E-state index < -0.39 is 0 Å². The fourth-order valence-electron chi connectivity index (χ4n) is 4.10.